The molecule has 1 heterocycles. The van der Waals surface area contributed by atoms with Crippen LogP contribution in [0, 0.1) is 37.8 Å². The Morgan fingerprint density at radius 3 is 2.26 bits per heavy atom. The summed E-state index contributed by atoms with van der Waals surface area (Å²) in [5.74, 6) is -0.242. The second-order valence-corrected chi connectivity index (χ2v) is 9.57. The Morgan fingerprint density at radius 1 is 0.941 bits per heavy atom. The van der Waals surface area contributed by atoms with Crippen molar-refractivity contribution in [3.63, 3.8) is 0 Å². The molecule has 0 spiro atoms. The number of benzene rings is 3. The number of amides is 1. The van der Waals surface area contributed by atoms with Crippen LogP contribution in [0.4, 0.5) is 17.1 Å². The molecule has 3 aromatic carbocycles. The molecule has 4 rings (SSSR count). The molecular weight excluding hydrogens is 470 g/mol. The quantitative estimate of drug-likeness (QED) is 0.218. The summed E-state index contributed by atoms with van der Waals surface area (Å²) in [5.41, 5.74) is 6.23. The topological polar surface area (TPSA) is 75.8 Å². The molecule has 0 aliphatic carbocycles. The predicted molar refractivity (Wildman–Crippen MR) is 140 cm³/mol. The summed E-state index contributed by atoms with van der Waals surface area (Å²) >= 11 is 7.18. The van der Waals surface area contributed by atoms with Gasteiger partial charge >= 0.3 is 0 Å². The van der Waals surface area contributed by atoms with E-state index >= 15 is 0 Å². The highest BCUT2D eigenvalue weighted by molar-refractivity contribution is 8.19. The fraction of sp³-hybridized carbons (Fsp3) is 0.154. The molecule has 0 saturated carbocycles. The summed E-state index contributed by atoms with van der Waals surface area (Å²) in [6, 6.07) is 16.2. The molecule has 1 fully saturated rings. The third-order valence-corrected chi connectivity index (χ3v) is 7.02. The van der Waals surface area contributed by atoms with E-state index in [-0.39, 0.29) is 16.6 Å². The van der Waals surface area contributed by atoms with E-state index in [2.05, 4.69) is 0 Å². The van der Waals surface area contributed by atoms with Gasteiger partial charge < -0.3 is 0 Å². The lowest BCUT2D eigenvalue weighted by molar-refractivity contribution is -0.384. The number of hydrogen-bond acceptors (Lipinski definition) is 5. The highest BCUT2D eigenvalue weighted by Gasteiger charge is 2.35. The second kappa shape index (κ2) is 9.44. The van der Waals surface area contributed by atoms with Gasteiger partial charge in [-0.2, -0.15) is 0 Å². The van der Waals surface area contributed by atoms with Gasteiger partial charge in [-0.3, -0.25) is 19.8 Å². The van der Waals surface area contributed by atoms with Crippen molar-refractivity contribution in [3.8, 4) is 0 Å². The van der Waals surface area contributed by atoms with E-state index in [0.717, 1.165) is 27.9 Å². The summed E-state index contributed by atoms with van der Waals surface area (Å²) in [5, 5.41) is 11.8. The van der Waals surface area contributed by atoms with Gasteiger partial charge in [-0.1, -0.05) is 29.8 Å². The summed E-state index contributed by atoms with van der Waals surface area (Å²) < 4.78 is 0. The number of rotatable bonds is 4. The maximum atomic E-state index is 13.5. The highest BCUT2D eigenvalue weighted by Crippen LogP contribution is 2.38. The van der Waals surface area contributed by atoms with Gasteiger partial charge in [-0.15, -0.1) is 0 Å². The van der Waals surface area contributed by atoms with E-state index in [1.807, 2.05) is 64.1 Å². The van der Waals surface area contributed by atoms with Crippen molar-refractivity contribution in [3.05, 3.63) is 102 Å². The average Bonchev–Trinajstić information content (AvgIpc) is 3.08. The minimum Gasteiger partial charge on any atom is -0.268 e. The van der Waals surface area contributed by atoms with E-state index in [1.165, 1.54) is 23.9 Å². The lowest BCUT2D eigenvalue weighted by atomic mass is 10.1. The Balaban J connectivity index is 1.81. The highest BCUT2D eigenvalue weighted by atomic mass is 35.5. The number of halogens is 1. The van der Waals surface area contributed by atoms with Crippen molar-refractivity contribution in [2.45, 2.75) is 27.7 Å². The van der Waals surface area contributed by atoms with Crippen molar-refractivity contribution < 1.29 is 9.72 Å². The lowest BCUT2D eigenvalue weighted by Crippen LogP contribution is -2.28. The summed E-state index contributed by atoms with van der Waals surface area (Å²) in [4.78, 5) is 31.0. The predicted octanol–water partition coefficient (Wildman–Crippen LogP) is 7.29. The van der Waals surface area contributed by atoms with Gasteiger partial charge in [0.15, 0.2) is 5.17 Å². The van der Waals surface area contributed by atoms with Crippen molar-refractivity contribution in [1.29, 1.82) is 0 Å². The van der Waals surface area contributed by atoms with Gasteiger partial charge in [-0.25, -0.2) is 4.99 Å². The van der Waals surface area contributed by atoms with Crippen LogP contribution in [0.3, 0.4) is 0 Å². The minimum atomic E-state index is -0.540. The molecule has 0 unspecified atom stereocenters. The SMILES string of the molecule is Cc1ccc(N=C2SC(=Cc3ccc(Cl)c([N+](=O)[O-])c3)C(=O)N2c2ccc(C)c(C)c2)cc1C. The number of anilines is 1. The van der Waals surface area contributed by atoms with Crippen molar-refractivity contribution in [2.24, 2.45) is 4.99 Å². The molecule has 0 bridgehead atoms. The maximum absolute atomic E-state index is 13.5. The largest absolute Gasteiger partial charge is 0.288 e. The van der Waals surface area contributed by atoms with E-state index in [1.54, 1.807) is 17.0 Å². The first-order valence-electron chi connectivity index (χ1n) is 10.5. The Kier molecular flexibility index (Phi) is 6.59. The van der Waals surface area contributed by atoms with Gasteiger partial charge in [0.25, 0.3) is 11.6 Å². The zero-order chi connectivity index (χ0) is 24.6. The number of nitro benzene ring substituents is 1. The van der Waals surface area contributed by atoms with Crippen molar-refractivity contribution in [2.75, 3.05) is 4.90 Å². The van der Waals surface area contributed by atoms with Gasteiger partial charge in [0.2, 0.25) is 0 Å². The van der Waals surface area contributed by atoms with Crippen LogP contribution in [0.25, 0.3) is 6.08 Å². The first-order chi connectivity index (χ1) is 16.1. The first-order valence-corrected chi connectivity index (χ1v) is 11.7. The molecule has 1 aliphatic heterocycles. The number of carbonyl (C=O) groups excluding carboxylic acids is 1. The van der Waals surface area contributed by atoms with Crippen molar-refractivity contribution >= 4 is 57.6 Å². The molecule has 172 valence electrons. The van der Waals surface area contributed by atoms with Crippen molar-refractivity contribution in [1.82, 2.24) is 0 Å². The van der Waals surface area contributed by atoms with Gasteiger partial charge in [0.1, 0.15) is 5.02 Å². The first kappa shape index (κ1) is 23.7. The van der Waals surface area contributed by atoms with Crippen LogP contribution in [0.2, 0.25) is 5.02 Å². The molecule has 1 aliphatic rings. The monoisotopic (exact) mass is 491 g/mol. The standard InChI is InChI=1S/C26H22ClN3O3S/c1-15-5-8-20(11-17(15)3)28-26-29(21-9-6-16(2)18(4)12-21)25(31)24(34-26)14-19-7-10-22(27)23(13-19)30(32)33/h5-14H,1-4H3. The molecule has 0 radical (unpaired) electrons. The summed E-state index contributed by atoms with van der Waals surface area (Å²) in [6.45, 7) is 8.07. The number of nitro groups is 1. The van der Waals surface area contributed by atoms with E-state index in [0.29, 0.717) is 21.3 Å². The molecule has 6 nitrogen and oxygen atoms in total. The molecule has 8 heteroatoms. The fourth-order valence-corrected chi connectivity index (χ4v) is 4.64. The molecule has 1 saturated heterocycles. The van der Waals surface area contributed by atoms with Crippen LogP contribution in [0.5, 0.6) is 0 Å². The lowest BCUT2D eigenvalue weighted by Gasteiger charge is -2.17. The molecule has 34 heavy (non-hydrogen) atoms. The summed E-state index contributed by atoms with van der Waals surface area (Å²) in [6.07, 6.45) is 1.63. The van der Waals surface area contributed by atoms with E-state index in [9.17, 15) is 14.9 Å². The van der Waals surface area contributed by atoms with Gasteiger partial charge in [0.05, 0.1) is 21.2 Å². The summed E-state index contributed by atoms with van der Waals surface area (Å²) in [7, 11) is 0. The molecule has 3 aromatic rings. The Morgan fingerprint density at radius 2 is 1.62 bits per heavy atom. The Hall–Kier alpha value is -3.42. The molecule has 1 amide bonds. The van der Waals surface area contributed by atoms with E-state index < -0.39 is 4.92 Å². The minimum absolute atomic E-state index is 0.0475. The maximum Gasteiger partial charge on any atom is 0.288 e. The van der Waals surface area contributed by atoms with Crippen LogP contribution < -0.4 is 4.90 Å². The smallest absolute Gasteiger partial charge is 0.268 e. The fourth-order valence-electron chi connectivity index (χ4n) is 3.46. The Labute approximate surface area is 207 Å². The van der Waals surface area contributed by atoms with Crippen LogP contribution in [-0.4, -0.2) is 16.0 Å². The Bertz CT molecular complexity index is 1400. The average molecular weight is 492 g/mol. The zero-order valence-electron chi connectivity index (χ0n) is 19.1. The van der Waals surface area contributed by atoms with Crippen LogP contribution in [0.15, 0.2) is 64.5 Å². The normalized spacial score (nSPS) is 16.0. The van der Waals surface area contributed by atoms with Gasteiger partial charge in [-0.05, 0) is 104 Å². The van der Waals surface area contributed by atoms with Crippen LogP contribution in [-0.2, 0) is 4.79 Å². The number of hydrogen-bond donors (Lipinski definition) is 0. The van der Waals surface area contributed by atoms with E-state index in [4.69, 9.17) is 16.6 Å². The van der Waals surface area contributed by atoms with Crippen LogP contribution in [0.1, 0.15) is 27.8 Å². The number of aliphatic imine (C=N–C) groups is 1. The third-order valence-electron chi connectivity index (χ3n) is 5.73. The number of amidine groups is 1. The molecule has 0 N–H and O–H groups in total. The number of thioether (sulfide) groups is 1. The number of nitrogens with zero attached hydrogens (tertiary/aromatic N) is 3. The van der Waals surface area contributed by atoms with Gasteiger partial charge in [0, 0.05) is 6.07 Å². The molecular formula is C26H22ClN3O3S. The third kappa shape index (κ3) is 4.76. The molecule has 0 aromatic heterocycles. The number of carbonyl (C=O) groups is 1. The number of aryl methyl sites for hydroxylation is 4. The zero-order valence-corrected chi connectivity index (χ0v) is 20.7. The second-order valence-electron chi connectivity index (χ2n) is 8.15. The van der Waals surface area contributed by atoms with Crippen LogP contribution >= 0.6 is 23.4 Å². The molecule has 0 atom stereocenters.